The summed E-state index contributed by atoms with van der Waals surface area (Å²) in [5.41, 5.74) is -5.59. The number of amides is 1. The Hall–Kier alpha value is -3.06. The van der Waals surface area contributed by atoms with Gasteiger partial charge in [-0.3, -0.25) is 9.48 Å². The number of rotatable bonds is 6. The fourth-order valence-electron chi connectivity index (χ4n) is 6.15. The van der Waals surface area contributed by atoms with Crippen LogP contribution in [0.2, 0.25) is 0 Å². The molecule has 13 heteroatoms. The van der Waals surface area contributed by atoms with Crippen molar-refractivity contribution >= 4 is 17.1 Å². The van der Waals surface area contributed by atoms with Gasteiger partial charge in [0.1, 0.15) is 0 Å². The number of aryl methyl sites for hydroxylation is 1. The number of likely N-dealkylation sites (tertiary alicyclic amines) is 1. The average molecular weight is 630 g/mol. The van der Waals surface area contributed by atoms with Gasteiger partial charge in [0.25, 0.3) is 0 Å². The Kier molecular flexibility index (Phi) is 8.36. The van der Waals surface area contributed by atoms with E-state index in [0.29, 0.717) is 22.6 Å². The van der Waals surface area contributed by atoms with Gasteiger partial charge in [0, 0.05) is 54.9 Å². The molecule has 0 radical (unpaired) electrons. The molecule has 0 bridgehead atoms. The van der Waals surface area contributed by atoms with Crippen molar-refractivity contribution in [2.45, 2.75) is 66.2 Å². The summed E-state index contributed by atoms with van der Waals surface area (Å²) in [5.74, 6) is -0.295. The van der Waals surface area contributed by atoms with Crippen molar-refractivity contribution in [3.05, 3.63) is 72.1 Å². The maximum Gasteiger partial charge on any atom is 0.435 e. The summed E-state index contributed by atoms with van der Waals surface area (Å²) in [7, 11) is 1.74. The molecule has 232 valence electrons. The summed E-state index contributed by atoms with van der Waals surface area (Å²) in [6.07, 6.45) is -4.67. The quantitative estimate of drug-likeness (QED) is 0.214. The minimum absolute atomic E-state index is 0.0509. The first-order chi connectivity index (χ1) is 20.2. The minimum Gasteiger partial charge on any atom is -0.611 e. The fourth-order valence-corrected chi connectivity index (χ4v) is 7.94. The standard InChI is InChI=1S/C30H30F7N3O2S/c1-39-18-22(17-38-39)21-8-5-9-25(16-21)43(42)27(14-15-40(19-27)26(41)20-6-3-2-4-7-20)23-10-12-24(13-11-23)28(31,29(32,33)34)30(35,36)37/h5,8-13,16-18,20H,2-4,6-7,14-15,19H2,1H3. The van der Waals surface area contributed by atoms with Crippen molar-refractivity contribution in [3.8, 4) is 11.1 Å². The van der Waals surface area contributed by atoms with Gasteiger partial charge in [-0.1, -0.05) is 55.7 Å². The summed E-state index contributed by atoms with van der Waals surface area (Å²) in [6, 6.07) is 9.64. The van der Waals surface area contributed by atoms with Crippen LogP contribution < -0.4 is 0 Å². The van der Waals surface area contributed by atoms with Gasteiger partial charge in [0.05, 0.1) is 12.7 Å². The van der Waals surface area contributed by atoms with E-state index in [9.17, 15) is 40.1 Å². The lowest BCUT2D eigenvalue weighted by Crippen LogP contribution is -2.50. The van der Waals surface area contributed by atoms with Crippen molar-refractivity contribution in [1.29, 1.82) is 0 Å². The fraction of sp³-hybridized carbons (Fsp3) is 0.467. The van der Waals surface area contributed by atoms with Crippen LogP contribution in [0.4, 0.5) is 30.7 Å². The van der Waals surface area contributed by atoms with E-state index in [2.05, 4.69) is 5.10 Å². The monoisotopic (exact) mass is 629 g/mol. The molecule has 5 nitrogen and oxygen atoms in total. The number of aromatic nitrogens is 2. The molecule has 1 aliphatic carbocycles. The predicted octanol–water partition coefficient (Wildman–Crippen LogP) is 7.19. The zero-order chi connectivity index (χ0) is 31.2. The molecule has 2 aliphatic rings. The van der Waals surface area contributed by atoms with Crippen molar-refractivity contribution in [2.24, 2.45) is 13.0 Å². The lowest BCUT2D eigenvalue weighted by Gasteiger charge is -2.34. The molecule has 1 saturated carbocycles. The summed E-state index contributed by atoms with van der Waals surface area (Å²) < 4.78 is 110. The Balaban J connectivity index is 1.55. The number of halogens is 7. The van der Waals surface area contributed by atoms with E-state index in [1.54, 1.807) is 53.3 Å². The molecule has 2 fully saturated rings. The smallest absolute Gasteiger partial charge is 0.435 e. The summed E-state index contributed by atoms with van der Waals surface area (Å²) in [5, 5.41) is 4.15. The van der Waals surface area contributed by atoms with Crippen LogP contribution in [0.1, 0.15) is 49.7 Å². The first kappa shape index (κ1) is 31.4. The Bertz CT molecular complexity index is 1440. The van der Waals surface area contributed by atoms with E-state index in [1.807, 2.05) is 0 Å². The molecular weight excluding hydrogens is 599 g/mol. The van der Waals surface area contributed by atoms with Crippen molar-refractivity contribution < 1.29 is 40.1 Å². The maximum atomic E-state index is 14.8. The number of benzene rings is 2. The van der Waals surface area contributed by atoms with E-state index < -0.39 is 39.5 Å². The van der Waals surface area contributed by atoms with E-state index >= 15 is 0 Å². The van der Waals surface area contributed by atoms with Gasteiger partial charge in [-0.05, 0) is 35.6 Å². The first-order valence-corrected chi connectivity index (χ1v) is 15.1. The highest BCUT2D eigenvalue weighted by Crippen LogP contribution is 2.54. The lowest BCUT2D eigenvalue weighted by molar-refractivity contribution is -0.348. The number of carbonyl (C=O) groups excluding carboxylic acids is 1. The molecule has 0 spiro atoms. The van der Waals surface area contributed by atoms with Crippen LogP contribution in [0.3, 0.4) is 0 Å². The normalized spacial score (nSPS) is 21.3. The van der Waals surface area contributed by atoms with Crippen LogP contribution in [0, 0.1) is 5.92 Å². The van der Waals surface area contributed by atoms with E-state index in [-0.39, 0.29) is 36.9 Å². The van der Waals surface area contributed by atoms with Crippen molar-refractivity contribution in [3.63, 3.8) is 0 Å². The van der Waals surface area contributed by atoms with E-state index in [0.717, 1.165) is 49.8 Å². The second-order valence-electron chi connectivity index (χ2n) is 11.3. The second kappa shape index (κ2) is 11.5. The first-order valence-electron chi connectivity index (χ1n) is 13.9. The van der Waals surface area contributed by atoms with Gasteiger partial charge in [-0.15, -0.1) is 0 Å². The Labute approximate surface area is 247 Å². The minimum atomic E-state index is -6.25. The molecule has 5 rings (SSSR count). The van der Waals surface area contributed by atoms with Crippen LogP contribution in [0.5, 0.6) is 0 Å². The van der Waals surface area contributed by atoms with E-state index in [1.165, 1.54) is 0 Å². The lowest BCUT2D eigenvalue weighted by atomic mass is 9.88. The second-order valence-corrected chi connectivity index (χ2v) is 13.1. The van der Waals surface area contributed by atoms with Gasteiger partial charge in [-0.25, -0.2) is 4.39 Å². The number of hydrogen-bond acceptors (Lipinski definition) is 3. The van der Waals surface area contributed by atoms with Gasteiger partial charge < -0.3 is 9.45 Å². The third-order valence-corrected chi connectivity index (χ3v) is 10.5. The van der Waals surface area contributed by atoms with E-state index in [4.69, 9.17) is 0 Å². The summed E-state index contributed by atoms with van der Waals surface area (Å²) in [4.78, 5) is 15.4. The average Bonchev–Trinajstić information content (AvgIpc) is 3.63. The highest BCUT2D eigenvalue weighted by atomic mass is 32.2. The third-order valence-electron chi connectivity index (χ3n) is 8.53. The van der Waals surface area contributed by atoms with Gasteiger partial charge in [0.2, 0.25) is 5.91 Å². The van der Waals surface area contributed by atoms with Gasteiger partial charge >= 0.3 is 18.0 Å². The Morgan fingerprint density at radius 2 is 1.60 bits per heavy atom. The van der Waals surface area contributed by atoms with Crippen LogP contribution in [-0.2, 0) is 33.4 Å². The van der Waals surface area contributed by atoms with Crippen LogP contribution in [0.15, 0.2) is 65.8 Å². The highest BCUT2D eigenvalue weighted by Gasteiger charge is 2.73. The van der Waals surface area contributed by atoms with Gasteiger partial charge in [-0.2, -0.15) is 31.4 Å². The third kappa shape index (κ3) is 5.65. The number of hydrogen-bond donors (Lipinski definition) is 0. The zero-order valence-corrected chi connectivity index (χ0v) is 24.0. The number of alkyl halides is 7. The molecule has 1 aliphatic heterocycles. The molecule has 0 N–H and O–H groups in total. The maximum absolute atomic E-state index is 14.8. The molecular formula is C30H30F7N3O2S. The Morgan fingerprint density at radius 1 is 0.953 bits per heavy atom. The zero-order valence-electron chi connectivity index (χ0n) is 23.2. The van der Waals surface area contributed by atoms with Crippen LogP contribution in [-0.4, -0.2) is 50.6 Å². The largest absolute Gasteiger partial charge is 0.611 e. The SMILES string of the molecule is Cn1cc(-c2cccc([S+]([O-])C3(c4ccc(C(F)(C(F)(F)F)C(F)(F)F)cc4)CCN(C(=O)C4CCCCC4)C3)c2)cn1. The van der Waals surface area contributed by atoms with Crippen LogP contribution in [0.25, 0.3) is 11.1 Å². The molecule has 43 heavy (non-hydrogen) atoms. The molecule has 3 aromatic rings. The molecule has 1 saturated heterocycles. The molecule has 2 unspecified atom stereocenters. The molecule has 2 heterocycles. The van der Waals surface area contributed by atoms with Crippen LogP contribution >= 0.6 is 0 Å². The Morgan fingerprint density at radius 3 is 2.19 bits per heavy atom. The van der Waals surface area contributed by atoms with Crippen molar-refractivity contribution in [2.75, 3.05) is 13.1 Å². The van der Waals surface area contributed by atoms with Gasteiger partial charge in [0.15, 0.2) is 9.64 Å². The predicted molar refractivity (Wildman–Crippen MR) is 146 cm³/mol. The molecule has 2 atom stereocenters. The molecule has 1 aromatic heterocycles. The topological polar surface area (TPSA) is 61.2 Å². The summed E-state index contributed by atoms with van der Waals surface area (Å²) >= 11 is -1.91. The number of nitrogens with zero attached hydrogens (tertiary/aromatic N) is 3. The number of carbonyl (C=O) groups is 1. The molecule has 2 aromatic carbocycles. The highest BCUT2D eigenvalue weighted by molar-refractivity contribution is 7.92. The summed E-state index contributed by atoms with van der Waals surface area (Å²) in [6.45, 7) is 0.161. The van der Waals surface area contributed by atoms with Crippen molar-refractivity contribution in [1.82, 2.24) is 14.7 Å². The molecule has 1 amide bonds.